The number of aliphatic hydroxyl groups excluding tert-OH is 1. The molecule has 1 spiro atoms. The highest BCUT2D eigenvalue weighted by atomic mass is 16.5. The summed E-state index contributed by atoms with van der Waals surface area (Å²) < 4.78 is 13.3. The normalized spacial score (nSPS) is 29.6. The van der Waals surface area contributed by atoms with Crippen LogP contribution in [0, 0.1) is 5.41 Å². The van der Waals surface area contributed by atoms with Crippen LogP contribution in [0.25, 0.3) is 11.2 Å². The Kier molecular flexibility index (Phi) is 4.52. The summed E-state index contributed by atoms with van der Waals surface area (Å²) in [6, 6.07) is 0.423. The minimum absolute atomic E-state index is 0.0964. The second-order valence-corrected chi connectivity index (χ2v) is 8.56. The van der Waals surface area contributed by atoms with Crippen LogP contribution in [0.1, 0.15) is 38.5 Å². The van der Waals surface area contributed by atoms with Crippen molar-refractivity contribution in [3.63, 3.8) is 0 Å². The Hall–Kier alpha value is -1.77. The fourth-order valence-electron chi connectivity index (χ4n) is 5.47. The number of ether oxygens (including phenoxy) is 2. The van der Waals surface area contributed by atoms with Crippen molar-refractivity contribution in [3.05, 3.63) is 12.7 Å². The summed E-state index contributed by atoms with van der Waals surface area (Å²) in [6.45, 7) is 1.16. The van der Waals surface area contributed by atoms with E-state index < -0.39 is 6.10 Å². The summed E-state index contributed by atoms with van der Waals surface area (Å²) in [5.74, 6) is 0.862. The first-order valence-corrected chi connectivity index (χ1v) is 10.3. The number of methoxy groups -OCH3 is 1. The molecule has 2 aliphatic carbocycles. The third-order valence-electron chi connectivity index (χ3n) is 7.27. The number of aromatic nitrogens is 4. The number of hydrogen-bond donors (Lipinski definition) is 1. The molecule has 2 aromatic heterocycles. The molecular weight excluding hydrogens is 358 g/mol. The Morgan fingerprint density at radius 3 is 2.89 bits per heavy atom. The van der Waals surface area contributed by atoms with Gasteiger partial charge in [-0.3, -0.25) is 0 Å². The van der Waals surface area contributed by atoms with Gasteiger partial charge in [0.1, 0.15) is 6.33 Å². The Labute approximate surface area is 164 Å². The van der Waals surface area contributed by atoms with E-state index in [1.807, 2.05) is 11.7 Å². The molecule has 2 aromatic rings. The van der Waals surface area contributed by atoms with Crippen LogP contribution in [-0.2, 0) is 16.0 Å². The van der Waals surface area contributed by atoms with Crippen molar-refractivity contribution in [2.45, 2.75) is 69.4 Å². The van der Waals surface area contributed by atoms with Crippen molar-refractivity contribution >= 4 is 17.0 Å². The molecule has 28 heavy (non-hydrogen) atoms. The van der Waals surface area contributed by atoms with Crippen LogP contribution >= 0.6 is 0 Å². The van der Waals surface area contributed by atoms with Gasteiger partial charge in [-0.15, -0.1) is 0 Å². The van der Waals surface area contributed by atoms with Gasteiger partial charge in [-0.05, 0) is 32.1 Å². The molecule has 2 saturated carbocycles. The third kappa shape index (κ3) is 2.65. The second kappa shape index (κ2) is 6.93. The predicted octanol–water partition coefficient (Wildman–Crippen LogP) is 1.76. The summed E-state index contributed by atoms with van der Waals surface area (Å²) in [6.07, 6.45) is 9.71. The van der Waals surface area contributed by atoms with Crippen LogP contribution in [0.2, 0.25) is 0 Å². The molecule has 1 N–H and O–H groups in total. The highest BCUT2D eigenvalue weighted by Crippen LogP contribution is 2.59. The van der Waals surface area contributed by atoms with Crippen molar-refractivity contribution < 1.29 is 14.6 Å². The average Bonchev–Trinajstić information content (AvgIpc) is 3.30. The summed E-state index contributed by atoms with van der Waals surface area (Å²) in [5, 5.41) is 10.5. The van der Waals surface area contributed by atoms with Gasteiger partial charge in [-0.1, -0.05) is 6.42 Å². The average molecular weight is 387 g/mol. The lowest BCUT2D eigenvalue weighted by atomic mass is 9.50. The lowest BCUT2D eigenvalue weighted by Crippen LogP contribution is -2.67. The Morgan fingerprint density at radius 1 is 1.36 bits per heavy atom. The maximum Gasteiger partial charge on any atom is 0.165 e. The van der Waals surface area contributed by atoms with Gasteiger partial charge in [0.2, 0.25) is 0 Å². The number of rotatable bonds is 6. The quantitative estimate of drug-likeness (QED) is 0.808. The molecule has 0 radical (unpaired) electrons. The molecule has 3 aliphatic rings. The molecular formula is C20H29N5O3. The third-order valence-corrected chi connectivity index (χ3v) is 7.27. The van der Waals surface area contributed by atoms with E-state index in [0.717, 1.165) is 42.9 Å². The number of hydrogen-bond acceptors (Lipinski definition) is 7. The lowest BCUT2D eigenvalue weighted by Gasteiger charge is -2.63. The SMILES string of the molecule is COC1CC(N(C)c2ncnc3c2ncn3CC(O)C2CCCO2)C12CCC2. The molecule has 0 amide bonds. The molecule has 152 valence electrons. The smallest absolute Gasteiger partial charge is 0.165 e. The number of anilines is 1. The number of aliphatic hydroxyl groups is 1. The van der Waals surface area contributed by atoms with Gasteiger partial charge >= 0.3 is 0 Å². The van der Waals surface area contributed by atoms with Crippen molar-refractivity contribution in [1.82, 2.24) is 19.5 Å². The molecule has 3 fully saturated rings. The number of fused-ring (bicyclic) bond motifs is 1. The molecule has 0 aromatic carbocycles. The Morgan fingerprint density at radius 2 is 2.21 bits per heavy atom. The minimum atomic E-state index is -0.552. The fourth-order valence-corrected chi connectivity index (χ4v) is 5.47. The van der Waals surface area contributed by atoms with E-state index >= 15 is 0 Å². The first-order valence-electron chi connectivity index (χ1n) is 10.3. The van der Waals surface area contributed by atoms with Gasteiger partial charge in [0.05, 0.1) is 31.2 Å². The van der Waals surface area contributed by atoms with Gasteiger partial charge < -0.3 is 24.0 Å². The molecule has 1 saturated heterocycles. The largest absolute Gasteiger partial charge is 0.389 e. The maximum atomic E-state index is 10.5. The van der Waals surface area contributed by atoms with E-state index in [9.17, 15) is 5.11 Å². The fraction of sp³-hybridized carbons (Fsp3) is 0.750. The Bertz CT molecular complexity index is 845. The van der Waals surface area contributed by atoms with Crippen LogP contribution in [0.3, 0.4) is 0 Å². The second-order valence-electron chi connectivity index (χ2n) is 8.56. The highest BCUT2D eigenvalue weighted by molar-refractivity contribution is 5.83. The van der Waals surface area contributed by atoms with E-state index in [0.29, 0.717) is 18.7 Å². The van der Waals surface area contributed by atoms with E-state index in [1.54, 1.807) is 12.7 Å². The molecule has 1 aliphatic heterocycles. The zero-order valence-corrected chi connectivity index (χ0v) is 16.6. The number of nitrogens with zero attached hydrogens (tertiary/aromatic N) is 5. The van der Waals surface area contributed by atoms with Gasteiger partial charge in [-0.2, -0.15) is 0 Å². The summed E-state index contributed by atoms with van der Waals surface area (Å²) in [4.78, 5) is 15.9. The number of imidazole rings is 1. The first kappa shape index (κ1) is 18.3. The van der Waals surface area contributed by atoms with Gasteiger partial charge in [0, 0.05) is 32.2 Å². The van der Waals surface area contributed by atoms with E-state index in [2.05, 4.69) is 26.9 Å². The summed E-state index contributed by atoms with van der Waals surface area (Å²) >= 11 is 0. The molecule has 4 atom stereocenters. The topological polar surface area (TPSA) is 85.5 Å². The van der Waals surface area contributed by atoms with Crippen molar-refractivity contribution in [2.75, 3.05) is 25.7 Å². The van der Waals surface area contributed by atoms with Gasteiger partial charge in [-0.25, -0.2) is 15.0 Å². The van der Waals surface area contributed by atoms with Crippen LogP contribution in [0.5, 0.6) is 0 Å². The molecule has 8 heteroatoms. The van der Waals surface area contributed by atoms with Gasteiger partial charge in [0.25, 0.3) is 0 Å². The maximum absolute atomic E-state index is 10.5. The molecule has 4 unspecified atom stereocenters. The van der Waals surface area contributed by atoms with Crippen LogP contribution in [0.15, 0.2) is 12.7 Å². The standard InChI is InChI=1S/C20H29N5O3/c1-24(15-9-16(27-2)20(15)6-4-7-20)18-17-19(22-11-21-18)25(12-23-17)10-13(26)14-5-3-8-28-14/h11-16,26H,3-10H2,1-2H3. The van der Waals surface area contributed by atoms with E-state index in [-0.39, 0.29) is 11.5 Å². The zero-order chi connectivity index (χ0) is 19.3. The first-order chi connectivity index (χ1) is 13.6. The summed E-state index contributed by atoms with van der Waals surface area (Å²) in [7, 11) is 3.93. The van der Waals surface area contributed by atoms with Crippen molar-refractivity contribution in [3.8, 4) is 0 Å². The summed E-state index contributed by atoms with van der Waals surface area (Å²) in [5.41, 5.74) is 1.82. The van der Waals surface area contributed by atoms with Crippen molar-refractivity contribution in [1.29, 1.82) is 0 Å². The molecule has 0 bridgehead atoms. The van der Waals surface area contributed by atoms with Crippen LogP contribution < -0.4 is 4.90 Å². The van der Waals surface area contributed by atoms with Crippen molar-refractivity contribution in [2.24, 2.45) is 5.41 Å². The highest BCUT2D eigenvalue weighted by Gasteiger charge is 2.60. The Balaban J connectivity index is 1.39. The minimum Gasteiger partial charge on any atom is -0.389 e. The monoisotopic (exact) mass is 387 g/mol. The predicted molar refractivity (Wildman–Crippen MR) is 104 cm³/mol. The lowest BCUT2D eigenvalue weighted by molar-refractivity contribution is -0.152. The van der Waals surface area contributed by atoms with Crippen LogP contribution in [0.4, 0.5) is 5.82 Å². The molecule has 3 heterocycles. The van der Waals surface area contributed by atoms with E-state index in [1.165, 1.54) is 19.3 Å². The zero-order valence-electron chi connectivity index (χ0n) is 16.6. The molecule has 5 rings (SSSR count). The van der Waals surface area contributed by atoms with Gasteiger partial charge in [0.15, 0.2) is 17.0 Å². The van der Waals surface area contributed by atoms with Crippen LogP contribution in [-0.4, -0.2) is 69.7 Å². The molecule has 8 nitrogen and oxygen atoms in total. The van der Waals surface area contributed by atoms with E-state index in [4.69, 9.17) is 9.47 Å².